The lowest BCUT2D eigenvalue weighted by Gasteiger charge is -2.07. The Morgan fingerprint density at radius 2 is 2.05 bits per heavy atom. The van der Waals surface area contributed by atoms with E-state index >= 15 is 0 Å². The van der Waals surface area contributed by atoms with E-state index < -0.39 is 22.2 Å². The van der Waals surface area contributed by atoms with Gasteiger partial charge in [0.2, 0.25) is 0 Å². The molecular weight excluding hydrogens is 288 g/mol. The van der Waals surface area contributed by atoms with Crippen LogP contribution in [-0.2, 0) is 6.42 Å². The van der Waals surface area contributed by atoms with Crippen LogP contribution in [0.25, 0.3) is 0 Å². The summed E-state index contributed by atoms with van der Waals surface area (Å²) >= 11 is 1.47. The van der Waals surface area contributed by atoms with Crippen LogP contribution >= 0.6 is 11.3 Å². The lowest BCUT2D eigenvalue weighted by molar-refractivity contribution is -0.385. The molecule has 0 amide bonds. The lowest BCUT2D eigenvalue weighted by Crippen LogP contribution is -2.08. The third kappa shape index (κ3) is 3.27. The van der Waals surface area contributed by atoms with E-state index in [1.807, 2.05) is 12.3 Å². The molecule has 0 aliphatic rings. The summed E-state index contributed by atoms with van der Waals surface area (Å²) in [5.41, 5.74) is -0.0670. The topological polar surface area (TPSA) is 68.1 Å². The number of nitro benzene ring substituents is 1. The van der Waals surface area contributed by atoms with Crippen molar-refractivity contribution in [2.75, 3.05) is 11.9 Å². The Morgan fingerprint density at radius 1 is 1.40 bits per heavy atom. The van der Waals surface area contributed by atoms with E-state index in [0.29, 0.717) is 25.1 Å². The van der Waals surface area contributed by atoms with Crippen molar-refractivity contribution < 1.29 is 13.7 Å². The Morgan fingerprint density at radius 3 is 2.55 bits per heavy atom. The van der Waals surface area contributed by atoms with Gasteiger partial charge in [-0.3, -0.25) is 10.1 Å². The summed E-state index contributed by atoms with van der Waals surface area (Å²) < 4.78 is 27.2. The Balaban J connectivity index is 2.04. The Kier molecular flexibility index (Phi) is 4.23. The van der Waals surface area contributed by atoms with E-state index in [2.05, 4.69) is 10.3 Å². The number of aryl methyl sites for hydroxylation is 1. The highest BCUT2D eigenvalue weighted by Crippen LogP contribution is 2.24. The maximum absolute atomic E-state index is 13.6. The number of hydrogen-bond donors (Lipinski definition) is 1. The molecule has 0 spiro atoms. The molecule has 1 N–H and O–H groups in total. The van der Waals surface area contributed by atoms with Gasteiger partial charge in [-0.1, -0.05) is 0 Å². The second-order valence-corrected chi connectivity index (χ2v) is 5.04. The molecule has 0 saturated heterocycles. The number of hydrogen-bond acceptors (Lipinski definition) is 5. The zero-order valence-electron chi connectivity index (χ0n) is 10.5. The zero-order chi connectivity index (χ0) is 14.7. The lowest BCUT2D eigenvalue weighted by atomic mass is 10.2. The van der Waals surface area contributed by atoms with Crippen molar-refractivity contribution in [2.45, 2.75) is 13.3 Å². The van der Waals surface area contributed by atoms with Crippen molar-refractivity contribution in [1.82, 2.24) is 4.98 Å². The maximum atomic E-state index is 13.6. The molecule has 0 fully saturated rings. The quantitative estimate of drug-likeness (QED) is 0.679. The van der Waals surface area contributed by atoms with Gasteiger partial charge < -0.3 is 5.32 Å². The fourth-order valence-electron chi connectivity index (χ4n) is 1.65. The summed E-state index contributed by atoms with van der Waals surface area (Å²) in [4.78, 5) is 13.8. The molecule has 0 unspecified atom stereocenters. The molecule has 106 valence electrons. The van der Waals surface area contributed by atoms with Crippen LogP contribution in [0.15, 0.2) is 17.5 Å². The number of benzene rings is 1. The van der Waals surface area contributed by atoms with Crippen molar-refractivity contribution in [3.8, 4) is 0 Å². The first-order chi connectivity index (χ1) is 9.47. The highest BCUT2D eigenvalue weighted by Gasteiger charge is 2.16. The molecule has 0 atom stereocenters. The molecule has 20 heavy (non-hydrogen) atoms. The minimum Gasteiger partial charge on any atom is -0.380 e. The summed E-state index contributed by atoms with van der Waals surface area (Å²) in [5.74, 6) is -1.96. The van der Waals surface area contributed by atoms with Gasteiger partial charge in [-0.25, -0.2) is 13.8 Å². The van der Waals surface area contributed by atoms with E-state index in [4.69, 9.17) is 0 Å². The number of aromatic nitrogens is 1. The number of anilines is 1. The fourth-order valence-corrected chi connectivity index (χ4v) is 2.42. The van der Waals surface area contributed by atoms with Crippen molar-refractivity contribution in [3.63, 3.8) is 0 Å². The standard InChI is InChI=1S/C12H11F2N3O2S/c1-7-6-20-11(16-7)2-3-15-12-9(13)4-8(17(18)19)5-10(12)14/h4-6,15H,2-3H2,1H3. The van der Waals surface area contributed by atoms with Crippen molar-refractivity contribution in [2.24, 2.45) is 0 Å². The number of halogens is 2. The van der Waals surface area contributed by atoms with Crippen molar-refractivity contribution in [3.05, 3.63) is 50.0 Å². The van der Waals surface area contributed by atoms with E-state index in [0.717, 1.165) is 10.7 Å². The van der Waals surface area contributed by atoms with Gasteiger partial charge in [0.15, 0.2) is 11.6 Å². The average molecular weight is 299 g/mol. The number of thiazole rings is 1. The monoisotopic (exact) mass is 299 g/mol. The van der Waals surface area contributed by atoms with Crippen molar-refractivity contribution in [1.29, 1.82) is 0 Å². The van der Waals surface area contributed by atoms with Gasteiger partial charge >= 0.3 is 0 Å². The first-order valence-electron chi connectivity index (χ1n) is 5.75. The highest BCUT2D eigenvalue weighted by molar-refractivity contribution is 7.09. The average Bonchev–Trinajstić information content (AvgIpc) is 2.78. The molecule has 1 aromatic heterocycles. The van der Waals surface area contributed by atoms with Crippen LogP contribution in [0, 0.1) is 28.7 Å². The molecule has 1 aromatic carbocycles. The van der Waals surface area contributed by atoms with Crippen LogP contribution in [0.2, 0.25) is 0 Å². The van der Waals surface area contributed by atoms with Gasteiger partial charge in [0.25, 0.3) is 5.69 Å². The van der Waals surface area contributed by atoms with E-state index in [1.165, 1.54) is 11.3 Å². The normalized spacial score (nSPS) is 10.6. The number of nitro groups is 1. The molecule has 0 aliphatic heterocycles. The van der Waals surface area contributed by atoms with Crippen LogP contribution in [-0.4, -0.2) is 16.5 Å². The molecule has 0 saturated carbocycles. The van der Waals surface area contributed by atoms with Crippen LogP contribution in [0.3, 0.4) is 0 Å². The first-order valence-corrected chi connectivity index (χ1v) is 6.63. The summed E-state index contributed by atoms with van der Waals surface area (Å²) in [7, 11) is 0. The Labute approximate surface area is 117 Å². The van der Waals surface area contributed by atoms with Gasteiger partial charge in [0.05, 0.1) is 22.1 Å². The maximum Gasteiger partial charge on any atom is 0.275 e. The summed E-state index contributed by atoms with van der Waals surface area (Å²) in [6.07, 6.45) is 0.522. The van der Waals surface area contributed by atoms with Gasteiger partial charge in [-0.15, -0.1) is 11.3 Å². The Hall–Kier alpha value is -2.09. The third-order valence-electron chi connectivity index (χ3n) is 2.54. The SMILES string of the molecule is Cc1csc(CCNc2c(F)cc([N+](=O)[O-])cc2F)n1. The predicted octanol–water partition coefficient (Wildman–Crippen LogP) is 3.29. The molecule has 2 rings (SSSR count). The molecule has 0 bridgehead atoms. The minimum atomic E-state index is -0.980. The zero-order valence-corrected chi connectivity index (χ0v) is 11.3. The van der Waals surface area contributed by atoms with Gasteiger partial charge in [0, 0.05) is 24.0 Å². The van der Waals surface area contributed by atoms with E-state index in [1.54, 1.807) is 0 Å². The molecule has 8 heteroatoms. The van der Waals surface area contributed by atoms with Crippen LogP contribution < -0.4 is 5.32 Å². The largest absolute Gasteiger partial charge is 0.380 e. The second kappa shape index (κ2) is 5.91. The Bertz CT molecular complexity index is 622. The number of rotatable bonds is 5. The molecule has 0 aliphatic carbocycles. The van der Waals surface area contributed by atoms with Crippen LogP contribution in [0.4, 0.5) is 20.2 Å². The minimum absolute atomic E-state index is 0.290. The molecule has 2 aromatic rings. The van der Waals surface area contributed by atoms with E-state index in [9.17, 15) is 18.9 Å². The van der Waals surface area contributed by atoms with Gasteiger partial charge in [0.1, 0.15) is 5.69 Å². The number of non-ortho nitro benzene ring substituents is 1. The summed E-state index contributed by atoms with van der Waals surface area (Å²) in [5, 5.41) is 15.8. The van der Waals surface area contributed by atoms with Crippen LogP contribution in [0.5, 0.6) is 0 Å². The molecule has 1 heterocycles. The number of nitrogens with zero attached hydrogens (tertiary/aromatic N) is 2. The van der Waals surface area contributed by atoms with Gasteiger partial charge in [-0.05, 0) is 6.92 Å². The number of nitrogens with one attached hydrogen (secondary N) is 1. The first kappa shape index (κ1) is 14.3. The summed E-state index contributed by atoms with van der Waals surface area (Å²) in [6.45, 7) is 2.15. The molecule has 5 nitrogen and oxygen atoms in total. The second-order valence-electron chi connectivity index (χ2n) is 4.10. The fraction of sp³-hybridized carbons (Fsp3) is 0.250. The molecule has 0 radical (unpaired) electrons. The van der Waals surface area contributed by atoms with Crippen LogP contribution in [0.1, 0.15) is 10.7 Å². The van der Waals surface area contributed by atoms with E-state index in [-0.39, 0.29) is 5.69 Å². The molecular formula is C12H11F2N3O2S. The van der Waals surface area contributed by atoms with Crippen molar-refractivity contribution >= 4 is 22.7 Å². The van der Waals surface area contributed by atoms with Gasteiger partial charge in [-0.2, -0.15) is 0 Å². The highest BCUT2D eigenvalue weighted by atomic mass is 32.1. The third-order valence-corrected chi connectivity index (χ3v) is 3.57. The smallest absolute Gasteiger partial charge is 0.275 e. The summed E-state index contributed by atoms with van der Waals surface area (Å²) in [6, 6.07) is 1.39. The predicted molar refractivity (Wildman–Crippen MR) is 72.1 cm³/mol.